The third-order valence-corrected chi connectivity index (χ3v) is 3.99. The summed E-state index contributed by atoms with van der Waals surface area (Å²) in [5.74, 6) is 0.746. The first-order valence-corrected chi connectivity index (χ1v) is 6.47. The molecule has 5 heteroatoms. The Morgan fingerprint density at radius 2 is 2.18 bits per heavy atom. The van der Waals surface area contributed by atoms with Gasteiger partial charge in [-0.2, -0.15) is 5.10 Å². The van der Waals surface area contributed by atoms with Gasteiger partial charge in [0.05, 0.1) is 11.7 Å². The lowest BCUT2D eigenvalue weighted by Crippen LogP contribution is -2.45. The third-order valence-electron chi connectivity index (χ3n) is 3.99. The molecule has 17 heavy (non-hydrogen) atoms. The molecule has 3 N–H and O–H groups in total. The van der Waals surface area contributed by atoms with Crippen LogP contribution in [0.25, 0.3) is 0 Å². The monoisotopic (exact) mass is 235 g/mol. The fourth-order valence-corrected chi connectivity index (χ4v) is 2.68. The van der Waals surface area contributed by atoms with E-state index in [2.05, 4.69) is 33.8 Å². The number of hydrogen-bond acceptors (Lipinski definition) is 4. The van der Waals surface area contributed by atoms with Crippen molar-refractivity contribution in [2.45, 2.75) is 38.9 Å². The van der Waals surface area contributed by atoms with Gasteiger partial charge in [0.15, 0.2) is 0 Å². The van der Waals surface area contributed by atoms with Crippen LogP contribution in [-0.4, -0.2) is 40.4 Å². The summed E-state index contributed by atoms with van der Waals surface area (Å²) in [4.78, 5) is 2.49. The predicted octanol–water partition coefficient (Wildman–Crippen LogP) is 0.376. The predicted molar refractivity (Wildman–Crippen MR) is 67.8 cm³/mol. The highest BCUT2D eigenvalue weighted by Crippen LogP contribution is 2.28. The van der Waals surface area contributed by atoms with Crippen molar-refractivity contribution < 1.29 is 0 Å². The van der Waals surface area contributed by atoms with Gasteiger partial charge < -0.3 is 11.1 Å². The third kappa shape index (κ3) is 1.73. The van der Waals surface area contributed by atoms with Crippen LogP contribution in [-0.2, 0) is 13.0 Å². The van der Waals surface area contributed by atoms with Crippen molar-refractivity contribution >= 4 is 5.82 Å². The van der Waals surface area contributed by atoms with Crippen molar-refractivity contribution in [3.63, 3.8) is 0 Å². The second-order valence-corrected chi connectivity index (χ2v) is 5.38. The van der Waals surface area contributed by atoms with Crippen molar-refractivity contribution in [1.82, 2.24) is 20.0 Å². The van der Waals surface area contributed by atoms with Crippen LogP contribution in [0.3, 0.4) is 0 Å². The number of nitrogens with two attached hydrogens (primary N) is 1. The van der Waals surface area contributed by atoms with E-state index in [0.29, 0.717) is 12.1 Å². The van der Waals surface area contributed by atoms with E-state index in [0.717, 1.165) is 38.4 Å². The molecule has 1 aromatic heterocycles. The molecule has 1 fully saturated rings. The Morgan fingerprint density at radius 3 is 2.76 bits per heavy atom. The summed E-state index contributed by atoms with van der Waals surface area (Å²) >= 11 is 0. The molecular weight excluding hydrogens is 214 g/mol. The molecule has 0 unspecified atom stereocenters. The van der Waals surface area contributed by atoms with Crippen molar-refractivity contribution in [3.8, 4) is 0 Å². The quantitative estimate of drug-likeness (QED) is 0.778. The van der Waals surface area contributed by atoms with Gasteiger partial charge in [0.1, 0.15) is 5.82 Å². The average Bonchev–Trinajstić information content (AvgIpc) is 2.54. The Balaban J connectivity index is 1.92. The number of anilines is 1. The molecule has 94 valence electrons. The van der Waals surface area contributed by atoms with Gasteiger partial charge >= 0.3 is 0 Å². The van der Waals surface area contributed by atoms with E-state index in [1.807, 2.05) is 0 Å². The highest BCUT2D eigenvalue weighted by molar-refractivity contribution is 5.44. The number of fused-ring (bicyclic) bond motifs is 1. The highest BCUT2D eigenvalue weighted by Gasteiger charge is 2.29. The maximum atomic E-state index is 6.03. The zero-order chi connectivity index (χ0) is 12.0. The molecule has 5 nitrogen and oxygen atoms in total. The molecule has 0 spiro atoms. The van der Waals surface area contributed by atoms with E-state index >= 15 is 0 Å². The fraction of sp³-hybridized carbons (Fsp3) is 0.750. The molecule has 0 amide bonds. The summed E-state index contributed by atoms with van der Waals surface area (Å²) in [5, 5.41) is 7.83. The molecule has 0 radical (unpaired) electrons. The maximum absolute atomic E-state index is 6.03. The molecule has 3 rings (SSSR count). The highest BCUT2D eigenvalue weighted by atomic mass is 15.4. The van der Waals surface area contributed by atoms with Crippen LogP contribution in [0.15, 0.2) is 0 Å². The first-order valence-electron chi connectivity index (χ1n) is 6.47. The van der Waals surface area contributed by atoms with Crippen molar-refractivity contribution in [2.75, 3.05) is 25.4 Å². The van der Waals surface area contributed by atoms with Crippen LogP contribution in [0.1, 0.15) is 31.1 Å². The summed E-state index contributed by atoms with van der Waals surface area (Å²) in [6, 6.07) is 1.10. The van der Waals surface area contributed by atoms with Gasteiger partial charge in [0.2, 0.25) is 0 Å². The molecule has 0 atom stereocenters. The van der Waals surface area contributed by atoms with Gasteiger partial charge in [-0.05, 0) is 20.3 Å². The molecule has 2 aliphatic rings. The van der Waals surface area contributed by atoms with Crippen LogP contribution >= 0.6 is 0 Å². The Hall–Kier alpha value is -1.07. The summed E-state index contributed by atoms with van der Waals surface area (Å²) < 4.78 is 2.16. The second-order valence-electron chi connectivity index (χ2n) is 5.38. The standard InChI is InChI=1S/C12H21N5/c1-8(2)16-4-3-10-11(7-16)17(15-12(10)13)9-5-14-6-9/h8-9,14H,3-7H2,1-2H3,(H2,13,15). The smallest absolute Gasteiger partial charge is 0.149 e. The summed E-state index contributed by atoms with van der Waals surface area (Å²) in [7, 11) is 0. The molecule has 3 heterocycles. The van der Waals surface area contributed by atoms with Crippen molar-refractivity contribution in [2.24, 2.45) is 0 Å². The second kappa shape index (κ2) is 3.99. The first-order chi connectivity index (χ1) is 8.16. The number of rotatable bonds is 2. The minimum Gasteiger partial charge on any atom is -0.382 e. The van der Waals surface area contributed by atoms with Gasteiger partial charge in [-0.3, -0.25) is 9.58 Å². The van der Waals surface area contributed by atoms with E-state index in [4.69, 9.17) is 5.73 Å². The minimum atomic E-state index is 0.508. The normalized spacial score (nSPS) is 21.6. The first kappa shape index (κ1) is 11.0. The van der Waals surface area contributed by atoms with E-state index in [-0.39, 0.29) is 0 Å². The van der Waals surface area contributed by atoms with Crippen LogP contribution in [0, 0.1) is 0 Å². The molecule has 0 aliphatic carbocycles. The molecule has 0 aromatic carbocycles. The summed E-state index contributed by atoms with van der Waals surface area (Å²) in [6.45, 7) is 8.64. The molecular formula is C12H21N5. The zero-order valence-corrected chi connectivity index (χ0v) is 10.6. The molecule has 1 aromatic rings. The number of nitrogen functional groups attached to an aromatic ring is 1. The van der Waals surface area contributed by atoms with Crippen LogP contribution < -0.4 is 11.1 Å². The van der Waals surface area contributed by atoms with Crippen LogP contribution in [0.5, 0.6) is 0 Å². The van der Waals surface area contributed by atoms with Crippen LogP contribution in [0.2, 0.25) is 0 Å². The van der Waals surface area contributed by atoms with Gasteiger partial charge in [0, 0.05) is 37.8 Å². The lowest BCUT2D eigenvalue weighted by molar-refractivity contribution is 0.189. The summed E-state index contributed by atoms with van der Waals surface area (Å²) in [6.07, 6.45) is 1.04. The lowest BCUT2D eigenvalue weighted by Gasteiger charge is -2.34. The maximum Gasteiger partial charge on any atom is 0.149 e. The lowest BCUT2D eigenvalue weighted by atomic mass is 10.0. The molecule has 0 saturated carbocycles. The Morgan fingerprint density at radius 1 is 1.41 bits per heavy atom. The van der Waals surface area contributed by atoms with E-state index in [1.54, 1.807) is 0 Å². The van der Waals surface area contributed by atoms with E-state index in [9.17, 15) is 0 Å². The molecule has 0 bridgehead atoms. The SMILES string of the molecule is CC(C)N1CCc2c(N)nn(C3CNC3)c2C1. The van der Waals surface area contributed by atoms with Crippen molar-refractivity contribution in [3.05, 3.63) is 11.3 Å². The van der Waals surface area contributed by atoms with Gasteiger partial charge in [0.25, 0.3) is 0 Å². The summed E-state index contributed by atoms with van der Waals surface area (Å²) in [5.41, 5.74) is 8.66. The Kier molecular flexibility index (Phi) is 2.60. The Bertz CT molecular complexity index is 419. The number of nitrogens with one attached hydrogen (secondary N) is 1. The largest absolute Gasteiger partial charge is 0.382 e. The average molecular weight is 235 g/mol. The van der Waals surface area contributed by atoms with E-state index < -0.39 is 0 Å². The van der Waals surface area contributed by atoms with Gasteiger partial charge in [-0.25, -0.2) is 0 Å². The van der Waals surface area contributed by atoms with Gasteiger partial charge in [-0.15, -0.1) is 0 Å². The fourth-order valence-electron chi connectivity index (χ4n) is 2.68. The zero-order valence-electron chi connectivity index (χ0n) is 10.6. The minimum absolute atomic E-state index is 0.508. The molecule has 1 saturated heterocycles. The van der Waals surface area contributed by atoms with E-state index in [1.165, 1.54) is 11.3 Å². The van der Waals surface area contributed by atoms with Gasteiger partial charge in [-0.1, -0.05) is 0 Å². The topological polar surface area (TPSA) is 59.1 Å². The Labute approximate surface area is 102 Å². The van der Waals surface area contributed by atoms with Crippen LogP contribution in [0.4, 0.5) is 5.82 Å². The number of aromatic nitrogens is 2. The number of hydrogen-bond donors (Lipinski definition) is 2. The molecule has 2 aliphatic heterocycles. The number of nitrogens with zero attached hydrogens (tertiary/aromatic N) is 3. The van der Waals surface area contributed by atoms with Crippen molar-refractivity contribution in [1.29, 1.82) is 0 Å².